The standard InChI is InChI=1S/C15H20N4/c1-3-5-11-15(16,12-6-4-2)19-14-10-8-7-9-13(14)17-18-19/h3-10H,11-12,16H2,1-2H3. The van der Waals surface area contributed by atoms with Gasteiger partial charge < -0.3 is 5.73 Å². The predicted molar refractivity (Wildman–Crippen MR) is 78.6 cm³/mol. The number of para-hydroxylation sites is 1. The van der Waals surface area contributed by atoms with E-state index in [4.69, 9.17) is 5.73 Å². The van der Waals surface area contributed by atoms with Gasteiger partial charge in [-0.3, -0.25) is 0 Å². The Morgan fingerprint density at radius 2 is 1.79 bits per heavy atom. The molecule has 0 aliphatic rings. The number of aromatic nitrogens is 3. The Kier molecular flexibility index (Phi) is 4.12. The number of nitrogens with two attached hydrogens (primary N) is 1. The quantitative estimate of drug-likeness (QED) is 0.837. The molecule has 4 heteroatoms. The van der Waals surface area contributed by atoms with Gasteiger partial charge in [0.2, 0.25) is 0 Å². The van der Waals surface area contributed by atoms with Crippen molar-refractivity contribution in [3.8, 4) is 0 Å². The third-order valence-corrected chi connectivity index (χ3v) is 3.19. The smallest absolute Gasteiger partial charge is 0.119 e. The summed E-state index contributed by atoms with van der Waals surface area (Å²) >= 11 is 0. The van der Waals surface area contributed by atoms with Crippen LogP contribution in [0.1, 0.15) is 26.7 Å². The van der Waals surface area contributed by atoms with Gasteiger partial charge in [0.25, 0.3) is 0 Å². The van der Waals surface area contributed by atoms with Crippen molar-refractivity contribution in [1.82, 2.24) is 15.0 Å². The maximum Gasteiger partial charge on any atom is 0.119 e. The van der Waals surface area contributed by atoms with E-state index in [1.165, 1.54) is 0 Å². The highest BCUT2D eigenvalue weighted by Gasteiger charge is 2.27. The van der Waals surface area contributed by atoms with E-state index in [1.54, 1.807) is 0 Å². The van der Waals surface area contributed by atoms with E-state index in [0.717, 1.165) is 23.9 Å². The van der Waals surface area contributed by atoms with Crippen LogP contribution in [-0.4, -0.2) is 15.0 Å². The van der Waals surface area contributed by atoms with Gasteiger partial charge in [-0.15, -0.1) is 5.10 Å². The van der Waals surface area contributed by atoms with Gasteiger partial charge in [0, 0.05) is 12.8 Å². The summed E-state index contributed by atoms with van der Waals surface area (Å²) in [7, 11) is 0. The maximum atomic E-state index is 6.56. The molecule has 0 saturated heterocycles. The average molecular weight is 256 g/mol. The average Bonchev–Trinajstić information content (AvgIpc) is 2.87. The molecule has 0 aliphatic heterocycles. The molecule has 0 fully saturated rings. The van der Waals surface area contributed by atoms with E-state index in [9.17, 15) is 0 Å². The van der Waals surface area contributed by atoms with Gasteiger partial charge in [0.05, 0.1) is 5.52 Å². The number of benzene rings is 1. The molecule has 19 heavy (non-hydrogen) atoms. The molecule has 1 heterocycles. The summed E-state index contributed by atoms with van der Waals surface area (Å²) in [6.07, 6.45) is 9.61. The lowest BCUT2D eigenvalue weighted by molar-refractivity contribution is 0.274. The topological polar surface area (TPSA) is 56.7 Å². The summed E-state index contributed by atoms with van der Waals surface area (Å²) in [6.45, 7) is 3.99. The van der Waals surface area contributed by atoms with E-state index < -0.39 is 5.66 Å². The number of nitrogens with zero attached hydrogens (tertiary/aromatic N) is 3. The first kappa shape index (κ1) is 13.5. The first-order chi connectivity index (χ1) is 9.21. The third kappa shape index (κ3) is 2.74. The fourth-order valence-electron chi connectivity index (χ4n) is 2.10. The van der Waals surface area contributed by atoms with E-state index in [-0.39, 0.29) is 0 Å². The monoisotopic (exact) mass is 256 g/mol. The molecule has 0 amide bonds. The number of fused-ring (bicyclic) bond motifs is 1. The molecular formula is C15H20N4. The minimum absolute atomic E-state index is 0.574. The zero-order valence-electron chi connectivity index (χ0n) is 11.5. The van der Waals surface area contributed by atoms with E-state index in [0.29, 0.717) is 0 Å². The lowest BCUT2D eigenvalue weighted by atomic mass is 10.0. The molecule has 4 nitrogen and oxygen atoms in total. The van der Waals surface area contributed by atoms with Gasteiger partial charge >= 0.3 is 0 Å². The Labute approximate surface area is 113 Å². The van der Waals surface area contributed by atoms with Gasteiger partial charge in [-0.05, 0) is 26.0 Å². The Morgan fingerprint density at radius 1 is 1.16 bits per heavy atom. The molecule has 100 valence electrons. The van der Waals surface area contributed by atoms with Crippen molar-refractivity contribution in [3.05, 3.63) is 48.6 Å². The van der Waals surface area contributed by atoms with Crippen molar-refractivity contribution in [2.45, 2.75) is 32.4 Å². The Morgan fingerprint density at radius 3 is 2.42 bits per heavy atom. The Bertz CT molecular complexity index is 581. The fourth-order valence-corrected chi connectivity index (χ4v) is 2.10. The summed E-state index contributed by atoms with van der Waals surface area (Å²) in [6, 6.07) is 7.89. The van der Waals surface area contributed by atoms with Crippen molar-refractivity contribution in [1.29, 1.82) is 0 Å². The van der Waals surface area contributed by atoms with Crippen molar-refractivity contribution in [2.75, 3.05) is 0 Å². The minimum atomic E-state index is -0.574. The Hall–Kier alpha value is -1.94. The maximum absolute atomic E-state index is 6.56. The van der Waals surface area contributed by atoms with E-state index in [1.807, 2.05) is 54.9 Å². The second-order valence-corrected chi connectivity index (χ2v) is 4.64. The highest BCUT2D eigenvalue weighted by Crippen LogP contribution is 2.24. The van der Waals surface area contributed by atoms with Gasteiger partial charge in [-0.1, -0.05) is 41.7 Å². The molecule has 0 bridgehead atoms. The largest absolute Gasteiger partial charge is 0.307 e. The summed E-state index contributed by atoms with van der Waals surface area (Å²) in [4.78, 5) is 0. The van der Waals surface area contributed by atoms with Crippen LogP contribution in [0.5, 0.6) is 0 Å². The summed E-state index contributed by atoms with van der Waals surface area (Å²) in [5.41, 5.74) is 7.83. The molecule has 1 aromatic heterocycles. The van der Waals surface area contributed by atoms with Crippen LogP contribution >= 0.6 is 0 Å². The van der Waals surface area contributed by atoms with E-state index in [2.05, 4.69) is 22.5 Å². The van der Waals surface area contributed by atoms with Crippen LogP contribution in [0.2, 0.25) is 0 Å². The van der Waals surface area contributed by atoms with E-state index >= 15 is 0 Å². The number of hydrogen-bond donors (Lipinski definition) is 1. The lowest BCUT2D eigenvalue weighted by Gasteiger charge is -2.27. The van der Waals surface area contributed by atoms with Gasteiger partial charge in [-0.2, -0.15) is 0 Å². The highest BCUT2D eigenvalue weighted by molar-refractivity contribution is 5.74. The summed E-state index contributed by atoms with van der Waals surface area (Å²) < 4.78 is 1.84. The molecule has 2 aromatic rings. The van der Waals surface area contributed by atoms with Crippen LogP contribution in [0.15, 0.2) is 48.6 Å². The number of allylic oxidation sites excluding steroid dienone is 2. The van der Waals surface area contributed by atoms with Crippen LogP contribution in [0.3, 0.4) is 0 Å². The van der Waals surface area contributed by atoms with Gasteiger partial charge in [0.1, 0.15) is 11.2 Å². The molecule has 0 atom stereocenters. The van der Waals surface area contributed by atoms with Crippen molar-refractivity contribution < 1.29 is 0 Å². The fraction of sp³-hybridized carbons (Fsp3) is 0.333. The molecule has 0 radical (unpaired) electrons. The van der Waals surface area contributed by atoms with Crippen LogP contribution in [0, 0.1) is 0 Å². The second kappa shape index (κ2) is 5.80. The number of rotatable bonds is 5. The molecule has 0 aliphatic carbocycles. The third-order valence-electron chi connectivity index (χ3n) is 3.19. The Balaban J connectivity index is 2.47. The highest BCUT2D eigenvalue weighted by atomic mass is 15.5. The summed E-state index contributed by atoms with van der Waals surface area (Å²) in [5, 5.41) is 8.43. The molecule has 2 rings (SSSR count). The molecular weight excluding hydrogens is 236 g/mol. The first-order valence-electron chi connectivity index (χ1n) is 6.53. The van der Waals surface area contributed by atoms with Gasteiger partial charge in [0.15, 0.2) is 0 Å². The van der Waals surface area contributed by atoms with Gasteiger partial charge in [-0.25, -0.2) is 4.68 Å². The first-order valence-corrected chi connectivity index (χ1v) is 6.53. The minimum Gasteiger partial charge on any atom is -0.307 e. The van der Waals surface area contributed by atoms with Crippen LogP contribution in [0.25, 0.3) is 11.0 Å². The molecule has 0 saturated carbocycles. The lowest BCUT2D eigenvalue weighted by Crippen LogP contribution is -2.43. The molecule has 1 aromatic carbocycles. The normalized spacial score (nSPS) is 15.5. The zero-order valence-corrected chi connectivity index (χ0v) is 11.5. The van der Waals surface area contributed by atoms with Crippen molar-refractivity contribution >= 4 is 11.0 Å². The van der Waals surface area contributed by atoms with Crippen LogP contribution in [-0.2, 0) is 5.66 Å². The predicted octanol–water partition coefficient (Wildman–Crippen LogP) is 2.98. The number of hydrogen-bond acceptors (Lipinski definition) is 3. The molecule has 2 N–H and O–H groups in total. The van der Waals surface area contributed by atoms with Crippen LogP contribution in [0.4, 0.5) is 0 Å². The van der Waals surface area contributed by atoms with Crippen LogP contribution < -0.4 is 5.73 Å². The summed E-state index contributed by atoms with van der Waals surface area (Å²) in [5.74, 6) is 0. The SMILES string of the molecule is CC=CCC(N)(CC=CC)n1nnc2ccccc21. The van der Waals surface area contributed by atoms with Crippen molar-refractivity contribution in [2.24, 2.45) is 5.73 Å². The zero-order chi connectivity index (χ0) is 13.7. The van der Waals surface area contributed by atoms with Crippen molar-refractivity contribution in [3.63, 3.8) is 0 Å². The molecule has 0 unspecified atom stereocenters. The molecule has 0 spiro atoms. The second-order valence-electron chi connectivity index (χ2n) is 4.64.